The molecule has 0 aromatic heterocycles. The first-order chi connectivity index (χ1) is 13.8. The van der Waals surface area contributed by atoms with Gasteiger partial charge in [0.25, 0.3) is 5.91 Å². The molecule has 1 saturated heterocycles. The van der Waals surface area contributed by atoms with E-state index in [9.17, 15) is 19.2 Å². The Morgan fingerprint density at radius 2 is 1.72 bits per heavy atom. The quantitative estimate of drug-likeness (QED) is 0.507. The molecule has 4 amide bonds. The number of Topliss-reactive ketones (excluding diaryl/α,β-unsaturated/α-hetero) is 1. The predicted molar refractivity (Wildman–Crippen MR) is 107 cm³/mol. The number of carbonyl (C=O) groups is 4. The molecule has 2 atom stereocenters. The molecule has 2 aliphatic rings. The molecule has 9 nitrogen and oxygen atoms in total. The molecule has 0 bridgehead atoms. The molecule has 164 valence electrons. The Morgan fingerprint density at radius 3 is 2.28 bits per heavy atom. The number of carbonyl (C=O) groups excluding carboxylic acids is 4. The van der Waals surface area contributed by atoms with E-state index in [4.69, 9.17) is 10.5 Å². The fourth-order valence-corrected chi connectivity index (χ4v) is 4.14. The molecule has 4 N–H and O–H groups in total. The standard InChI is InChI=1S/C20H34N4O5/c1-3-7-14(2)15(16(25)17(21)26)22-18(27)20(8-5-4-6-9-20)23-19(28)24-10-12-29-13-11-24/h14-15H,3-13H2,1-2H3,(H2,21,26)(H,22,27)(H,23,28). The molecular weight excluding hydrogens is 376 g/mol. The van der Waals surface area contributed by atoms with Crippen LogP contribution in [-0.2, 0) is 19.1 Å². The number of hydrogen-bond acceptors (Lipinski definition) is 5. The minimum absolute atomic E-state index is 0.237. The van der Waals surface area contributed by atoms with Crippen molar-refractivity contribution in [3.63, 3.8) is 0 Å². The van der Waals surface area contributed by atoms with Crippen LogP contribution >= 0.6 is 0 Å². The number of ether oxygens (including phenoxy) is 1. The number of amides is 4. The molecule has 0 aromatic rings. The van der Waals surface area contributed by atoms with Crippen molar-refractivity contribution in [1.29, 1.82) is 0 Å². The van der Waals surface area contributed by atoms with Gasteiger partial charge in [0.05, 0.1) is 19.3 Å². The van der Waals surface area contributed by atoms with Crippen LogP contribution in [0.3, 0.4) is 0 Å². The van der Waals surface area contributed by atoms with Gasteiger partial charge in [-0.2, -0.15) is 0 Å². The molecule has 2 rings (SSSR count). The van der Waals surface area contributed by atoms with Gasteiger partial charge >= 0.3 is 6.03 Å². The van der Waals surface area contributed by atoms with Gasteiger partial charge < -0.3 is 26.0 Å². The van der Waals surface area contributed by atoms with Crippen LogP contribution in [0, 0.1) is 5.92 Å². The van der Waals surface area contributed by atoms with E-state index in [2.05, 4.69) is 10.6 Å². The molecule has 1 heterocycles. The average molecular weight is 411 g/mol. The van der Waals surface area contributed by atoms with Crippen LogP contribution in [0.1, 0.15) is 58.8 Å². The van der Waals surface area contributed by atoms with Gasteiger partial charge in [0.2, 0.25) is 11.7 Å². The van der Waals surface area contributed by atoms with Crippen LogP contribution in [0.2, 0.25) is 0 Å². The Balaban J connectivity index is 2.18. The summed E-state index contributed by atoms with van der Waals surface area (Å²) in [4.78, 5) is 51.6. The summed E-state index contributed by atoms with van der Waals surface area (Å²) in [5, 5.41) is 5.69. The van der Waals surface area contributed by atoms with Crippen molar-refractivity contribution in [2.24, 2.45) is 11.7 Å². The maximum Gasteiger partial charge on any atom is 0.318 e. The number of nitrogens with one attached hydrogen (secondary N) is 2. The Labute approximate surface area is 172 Å². The molecular formula is C20H34N4O5. The van der Waals surface area contributed by atoms with E-state index in [1.807, 2.05) is 13.8 Å². The Kier molecular flexibility index (Phi) is 8.43. The van der Waals surface area contributed by atoms with E-state index >= 15 is 0 Å². The molecule has 1 aliphatic carbocycles. The molecule has 0 aromatic carbocycles. The fourth-order valence-electron chi connectivity index (χ4n) is 4.14. The van der Waals surface area contributed by atoms with E-state index in [1.165, 1.54) is 0 Å². The second-order valence-electron chi connectivity index (χ2n) is 8.12. The summed E-state index contributed by atoms with van der Waals surface area (Å²) in [5.41, 5.74) is 4.12. The SMILES string of the molecule is CCCC(C)C(NC(=O)C1(NC(=O)N2CCOCC2)CCCCC1)C(=O)C(N)=O. The highest BCUT2D eigenvalue weighted by atomic mass is 16.5. The second-order valence-corrected chi connectivity index (χ2v) is 8.12. The van der Waals surface area contributed by atoms with Crippen molar-refractivity contribution in [3.05, 3.63) is 0 Å². The maximum absolute atomic E-state index is 13.3. The summed E-state index contributed by atoms with van der Waals surface area (Å²) in [6.45, 7) is 5.66. The van der Waals surface area contributed by atoms with Crippen LogP contribution < -0.4 is 16.4 Å². The molecule has 0 spiro atoms. The first kappa shape index (κ1) is 23.1. The largest absolute Gasteiger partial charge is 0.378 e. The zero-order valence-corrected chi connectivity index (χ0v) is 17.5. The summed E-state index contributed by atoms with van der Waals surface area (Å²) >= 11 is 0. The van der Waals surface area contributed by atoms with Gasteiger partial charge in [-0.15, -0.1) is 0 Å². The molecule has 2 fully saturated rings. The van der Waals surface area contributed by atoms with E-state index in [0.29, 0.717) is 45.6 Å². The van der Waals surface area contributed by atoms with Crippen LogP contribution in [0.4, 0.5) is 4.79 Å². The number of primary amides is 1. The zero-order chi connectivity index (χ0) is 21.4. The van der Waals surface area contributed by atoms with E-state index in [0.717, 1.165) is 25.7 Å². The number of nitrogens with two attached hydrogens (primary N) is 1. The highest BCUT2D eigenvalue weighted by Crippen LogP contribution is 2.29. The molecule has 0 radical (unpaired) electrons. The third-order valence-corrected chi connectivity index (χ3v) is 5.91. The number of rotatable bonds is 8. The van der Waals surface area contributed by atoms with E-state index < -0.39 is 29.2 Å². The summed E-state index contributed by atoms with van der Waals surface area (Å²) in [6.07, 6.45) is 5.04. The Morgan fingerprint density at radius 1 is 1.10 bits per heavy atom. The first-order valence-corrected chi connectivity index (χ1v) is 10.6. The lowest BCUT2D eigenvalue weighted by Gasteiger charge is -2.40. The van der Waals surface area contributed by atoms with Crippen LogP contribution in [-0.4, -0.2) is 66.4 Å². The number of urea groups is 1. The summed E-state index contributed by atoms with van der Waals surface area (Å²) in [6, 6.07) is -1.29. The Hall–Kier alpha value is -2.16. The molecule has 29 heavy (non-hydrogen) atoms. The van der Waals surface area contributed by atoms with Gasteiger partial charge in [-0.1, -0.05) is 39.5 Å². The Bertz CT molecular complexity index is 612. The molecule has 1 aliphatic heterocycles. The number of morpholine rings is 1. The first-order valence-electron chi connectivity index (χ1n) is 10.6. The number of nitrogens with zero attached hydrogens (tertiary/aromatic N) is 1. The monoisotopic (exact) mass is 410 g/mol. The second kappa shape index (κ2) is 10.6. The molecule has 1 saturated carbocycles. The minimum atomic E-state index is -1.09. The van der Waals surface area contributed by atoms with Crippen LogP contribution in [0.15, 0.2) is 0 Å². The number of hydrogen-bond donors (Lipinski definition) is 3. The zero-order valence-electron chi connectivity index (χ0n) is 17.5. The van der Waals surface area contributed by atoms with Gasteiger partial charge in [0, 0.05) is 13.1 Å². The lowest BCUT2D eigenvalue weighted by molar-refractivity contribution is -0.140. The van der Waals surface area contributed by atoms with Crippen LogP contribution in [0.25, 0.3) is 0 Å². The van der Waals surface area contributed by atoms with E-state index in [-0.39, 0.29) is 11.9 Å². The maximum atomic E-state index is 13.3. The third-order valence-electron chi connectivity index (χ3n) is 5.91. The van der Waals surface area contributed by atoms with Crippen molar-refractivity contribution < 1.29 is 23.9 Å². The van der Waals surface area contributed by atoms with E-state index in [1.54, 1.807) is 4.90 Å². The average Bonchev–Trinajstić information content (AvgIpc) is 2.72. The van der Waals surface area contributed by atoms with Gasteiger partial charge in [-0.3, -0.25) is 14.4 Å². The van der Waals surface area contributed by atoms with Gasteiger partial charge in [-0.25, -0.2) is 4.79 Å². The van der Waals surface area contributed by atoms with Gasteiger partial charge in [0.15, 0.2) is 0 Å². The third kappa shape index (κ3) is 5.91. The normalized spacial score (nSPS) is 21.0. The summed E-state index contributed by atoms with van der Waals surface area (Å²) < 4.78 is 5.28. The summed E-state index contributed by atoms with van der Waals surface area (Å²) in [5.74, 6) is -2.51. The lowest BCUT2D eigenvalue weighted by Crippen LogP contribution is -2.65. The van der Waals surface area contributed by atoms with Crippen molar-refractivity contribution in [1.82, 2.24) is 15.5 Å². The predicted octanol–water partition coefficient (Wildman–Crippen LogP) is 0.707. The highest BCUT2D eigenvalue weighted by Gasteiger charge is 2.44. The number of ketones is 1. The van der Waals surface area contributed by atoms with Crippen LogP contribution in [0.5, 0.6) is 0 Å². The van der Waals surface area contributed by atoms with Crippen molar-refractivity contribution in [2.45, 2.75) is 70.4 Å². The molecule has 2 unspecified atom stereocenters. The van der Waals surface area contributed by atoms with Crippen molar-refractivity contribution in [2.75, 3.05) is 26.3 Å². The van der Waals surface area contributed by atoms with Gasteiger partial charge in [0.1, 0.15) is 5.54 Å². The van der Waals surface area contributed by atoms with Crippen molar-refractivity contribution in [3.8, 4) is 0 Å². The summed E-state index contributed by atoms with van der Waals surface area (Å²) in [7, 11) is 0. The highest BCUT2D eigenvalue weighted by molar-refractivity contribution is 6.38. The minimum Gasteiger partial charge on any atom is -0.378 e. The smallest absolute Gasteiger partial charge is 0.318 e. The molecule has 9 heteroatoms. The van der Waals surface area contributed by atoms with Gasteiger partial charge in [-0.05, 0) is 25.2 Å². The lowest BCUT2D eigenvalue weighted by atomic mass is 9.80. The topological polar surface area (TPSA) is 131 Å². The van der Waals surface area contributed by atoms with Crippen molar-refractivity contribution >= 4 is 23.6 Å². The fraction of sp³-hybridized carbons (Fsp3) is 0.800.